The van der Waals surface area contributed by atoms with Gasteiger partial charge < -0.3 is 5.11 Å². The van der Waals surface area contributed by atoms with Gasteiger partial charge in [0, 0.05) is 0 Å². The molecule has 1 N–H and O–H groups in total. The van der Waals surface area contributed by atoms with Crippen molar-refractivity contribution in [2.45, 2.75) is 45.4 Å². The molecule has 6 heteroatoms. The highest BCUT2D eigenvalue weighted by Crippen LogP contribution is 2.15. The molecule has 0 aliphatic rings. The number of allylic oxidation sites excluding steroid dienone is 6. The first kappa shape index (κ1) is 22.1. The van der Waals surface area contributed by atoms with E-state index in [9.17, 15) is 19.2 Å². The van der Waals surface area contributed by atoms with E-state index in [4.69, 9.17) is 5.11 Å². The van der Waals surface area contributed by atoms with Crippen LogP contribution in [0, 0.1) is 0 Å². The number of carbonyl (C=O) groups excluding carboxylic acids is 3. The third-order valence-electron chi connectivity index (χ3n) is 3.29. The number of aldehydes is 3. The molecule has 0 aromatic carbocycles. The van der Waals surface area contributed by atoms with Crippen molar-refractivity contribution in [2.75, 3.05) is 6.16 Å². The molecule has 0 saturated carbocycles. The summed E-state index contributed by atoms with van der Waals surface area (Å²) in [7, 11) is -0.0881. The van der Waals surface area contributed by atoms with E-state index in [1.165, 1.54) is 0 Å². The highest BCUT2D eigenvalue weighted by Gasteiger charge is 1.99. The Labute approximate surface area is 144 Å². The van der Waals surface area contributed by atoms with E-state index in [0.29, 0.717) is 55.0 Å². The molecule has 0 aromatic heterocycles. The quantitative estimate of drug-likeness (QED) is 0.220. The maximum absolute atomic E-state index is 11.0. The van der Waals surface area contributed by atoms with Crippen LogP contribution in [0.3, 0.4) is 0 Å². The average Bonchev–Trinajstić information content (AvgIpc) is 2.57. The van der Waals surface area contributed by atoms with Gasteiger partial charge in [0.05, 0.1) is 0 Å². The topological polar surface area (TPSA) is 88.5 Å². The summed E-state index contributed by atoms with van der Waals surface area (Å²) in [6, 6.07) is 0. The van der Waals surface area contributed by atoms with E-state index >= 15 is 0 Å². The zero-order chi connectivity index (χ0) is 18.2. The molecule has 1 atom stereocenters. The normalized spacial score (nSPS) is 13.3. The smallest absolute Gasteiger partial charge is 0.320 e. The fourth-order valence-electron chi connectivity index (χ4n) is 1.94. The van der Waals surface area contributed by atoms with Gasteiger partial charge in [-0.1, -0.05) is 18.2 Å². The van der Waals surface area contributed by atoms with Gasteiger partial charge >= 0.3 is 5.71 Å². The largest absolute Gasteiger partial charge is 0.478 e. The third kappa shape index (κ3) is 12.7. The van der Waals surface area contributed by atoms with Gasteiger partial charge in [-0.15, -0.1) is 0 Å². The molecular formula is C18H25O5P. The van der Waals surface area contributed by atoms with Crippen LogP contribution in [0.25, 0.3) is 0 Å². The number of carboxylic acid groups (broad SMARTS) is 1. The highest BCUT2D eigenvalue weighted by molar-refractivity contribution is 7.57. The molecule has 0 saturated heterocycles. The van der Waals surface area contributed by atoms with Crippen molar-refractivity contribution in [3.63, 3.8) is 0 Å². The average molecular weight is 352 g/mol. The molecule has 0 bridgehead atoms. The van der Waals surface area contributed by atoms with E-state index in [1.807, 2.05) is 12.2 Å². The summed E-state index contributed by atoms with van der Waals surface area (Å²) in [6.07, 6.45) is 12.3. The van der Waals surface area contributed by atoms with E-state index in [0.717, 1.165) is 25.3 Å². The van der Waals surface area contributed by atoms with E-state index in [2.05, 4.69) is 0 Å². The highest BCUT2D eigenvalue weighted by atomic mass is 31.1. The van der Waals surface area contributed by atoms with E-state index < -0.39 is 5.71 Å². The maximum Gasteiger partial charge on any atom is 0.320 e. The number of hydrogen-bond acceptors (Lipinski definition) is 4. The predicted octanol–water partition coefficient (Wildman–Crippen LogP) is 4.08. The first-order valence-electron chi connectivity index (χ1n) is 7.90. The minimum absolute atomic E-state index is 0.0881. The zero-order valence-electron chi connectivity index (χ0n) is 14.0. The summed E-state index contributed by atoms with van der Waals surface area (Å²) >= 11 is 0. The Bertz CT molecular complexity index is 518. The van der Waals surface area contributed by atoms with E-state index in [-0.39, 0.29) is 8.58 Å². The molecule has 0 rings (SSSR count). The standard InChI is InChI=1S/C18H25O5P/c1-15(12-19)6-4-8-17(14-21)10-5-9-16(13-20)7-2-3-11-24-18(22)23/h6-7,10,12-14,24H,2-5,8-9,11H2,1H3,(H,22,23). The Hall–Kier alpha value is -1.87. The maximum atomic E-state index is 11.0. The Kier molecular flexibility index (Phi) is 13.6. The van der Waals surface area contributed by atoms with Gasteiger partial charge in [-0.05, 0) is 76.9 Å². The molecule has 0 aliphatic heterocycles. The molecule has 132 valence electrons. The van der Waals surface area contributed by atoms with Gasteiger partial charge in [-0.3, -0.25) is 14.4 Å². The second kappa shape index (κ2) is 14.7. The van der Waals surface area contributed by atoms with Crippen LogP contribution in [0.5, 0.6) is 0 Å². The van der Waals surface area contributed by atoms with Crippen molar-refractivity contribution in [1.29, 1.82) is 0 Å². The zero-order valence-corrected chi connectivity index (χ0v) is 15.0. The van der Waals surface area contributed by atoms with Crippen LogP contribution in [-0.2, 0) is 14.4 Å². The van der Waals surface area contributed by atoms with Crippen LogP contribution in [0.1, 0.15) is 45.4 Å². The second-order valence-corrected chi connectivity index (χ2v) is 6.59. The fraction of sp³-hybridized carbons (Fsp3) is 0.444. The van der Waals surface area contributed by atoms with Crippen LogP contribution < -0.4 is 0 Å². The first-order chi connectivity index (χ1) is 11.5. The van der Waals surface area contributed by atoms with Crippen LogP contribution >= 0.6 is 8.58 Å². The predicted molar refractivity (Wildman–Crippen MR) is 97.0 cm³/mol. The molecule has 0 amide bonds. The minimum Gasteiger partial charge on any atom is -0.478 e. The molecular weight excluding hydrogens is 327 g/mol. The van der Waals surface area contributed by atoms with Crippen molar-refractivity contribution in [3.8, 4) is 0 Å². The molecule has 0 radical (unpaired) electrons. The van der Waals surface area contributed by atoms with Gasteiger partial charge in [0.15, 0.2) is 0 Å². The molecule has 24 heavy (non-hydrogen) atoms. The first-order valence-corrected chi connectivity index (χ1v) is 9.11. The molecule has 0 heterocycles. The molecule has 0 aromatic rings. The number of rotatable bonds is 14. The summed E-state index contributed by atoms with van der Waals surface area (Å²) in [5, 5.41) is 8.55. The monoisotopic (exact) mass is 352 g/mol. The van der Waals surface area contributed by atoms with Crippen molar-refractivity contribution in [2.24, 2.45) is 0 Å². The lowest BCUT2D eigenvalue weighted by Crippen LogP contribution is -1.90. The SMILES string of the molecule is CC(C=O)=CCCC(C=O)=CCCC(C=O)=CCCCPC(=O)O. The summed E-state index contributed by atoms with van der Waals surface area (Å²) < 4.78 is 0. The van der Waals surface area contributed by atoms with Crippen molar-refractivity contribution in [3.05, 3.63) is 34.9 Å². The van der Waals surface area contributed by atoms with Crippen LogP contribution in [0.2, 0.25) is 0 Å². The number of unbranched alkanes of at least 4 members (excludes halogenated alkanes) is 1. The summed E-state index contributed by atoms with van der Waals surface area (Å²) in [5.41, 5.74) is 1.21. The Morgan fingerprint density at radius 3 is 1.92 bits per heavy atom. The van der Waals surface area contributed by atoms with Crippen molar-refractivity contribution < 1.29 is 24.3 Å². The number of carbonyl (C=O) groups is 4. The molecule has 0 spiro atoms. The lowest BCUT2D eigenvalue weighted by molar-refractivity contribution is -0.105. The Balaban J connectivity index is 4.23. The van der Waals surface area contributed by atoms with Gasteiger partial charge in [0.2, 0.25) is 0 Å². The van der Waals surface area contributed by atoms with Crippen LogP contribution in [-0.4, -0.2) is 35.8 Å². The lowest BCUT2D eigenvalue weighted by atomic mass is 10.1. The van der Waals surface area contributed by atoms with Crippen LogP contribution in [0.4, 0.5) is 4.79 Å². The van der Waals surface area contributed by atoms with Gasteiger partial charge in [0.1, 0.15) is 18.9 Å². The van der Waals surface area contributed by atoms with Crippen molar-refractivity contribution in [1.82, 2.24) is 0 Å². The third-order valence-corrected chi connectivity index (χ3v) is 4.20. The fourth-order valence-corrected chi connectivity index (χ4v) is 2.54. The molecule has 1 unspecified atom stereocenters. The van der Waals surface area contributed by atoms with Crippen LogP contribution in [0.15, 0.2) is 34.9 Å². The van der Waals surface area contributed by atoms with Gasteiger partial charge in [-0.25, -0.2) is 4.79 Å². The molecule has 0 fully saturated rings. The molecule has 0 aliphatic carbocycles. The number of hydrogen-bond donors (Lipinski definition) is 1. The van der Waals surface area contributed by atoms with Gasteiger partial charge in [-0.2, -0.15) is 0 Å². The second-order valence-electron chi connectivity index (χ2n) is 5.31. The Morgan fingerprint density at radius 1 is 0.875 bits per heavy atom. The summed E-state index contributed by atoms with van der Waals surface area (Å²) in [4.78, 5) is 42.9. The lowest BCUT2D eigenvalue weighted by Gasteiger charge is -2.00. The van der Waals surface area contributed by atoms with Gasteiger partial charge in [0.25, 0.3) is 0 Å². The van der Waals surface area contributed by atoms with E-state index in [1.54, 1.807) is 13.0 Å². The Morgan fingerprint density at radius 2 is 1.42 bits per heavy atom. The summed E-state index contributed by atoms with van der Waals surface area (Å²) in [6.45, 7) is 1.72. The minimum atomic E-state index is -0.778. The summed E-state index contributed by atoms with van der Waals surface area (Å²) in [5.74, 6) is 0. The van der Waals surface area contributed by atoms with Crippen molar-refractivity contribution >= 4 is 33.1 Å². The molecule has 5 nitrogen and oxygen atoms in total.